The van der Waals surface area contributed by atoms with Gasteiger partial charge in [0.2, 0.25) is 0 Å². The van der Waals surface area contributed by atoms with Crippen molar-refractivity contribution in [2.24, 2.45) is 5.41 Å². The summed E-state index contributed by atoms with van der Waals surface area (Å²) in [6.45, 7) is 23.1. The molecule has 0 saturated carbocycles. The molecule has 0 aliphatic rings. The average Bonchev–Trinajstić information content (AvgIpc) is 2.47. The van der Waals surface area contributed by atoms with Crippen molar-refractivity contribution in [2.75, 3.05) is 7.11 Å². The third kappa shape index (κ3) is 38.9. The maximum atomic E-state index is 10.2. The highest BCUT2D eigenvalue weighted by Gasteiger charge is 2.03. The summed E-state index contributed by atoms with van der Waals surface area (Å²) in [5.41, 5.74) is 1.33. The predicted octanol–water partition coefficient (Wildman–Crippen LogP) is 4.47. The predicted molar refractivity (Wildman–Crippen MR) is 101 cm³/mol. The zero-order chi connectivity index (χ0) is 21.4. The molecule has 6 nitrogen and oxygen atoms in total. The minimum absolute atomic E-state index is 0.176. The van der Waals surface area contributed by atoms with Crippen LogP contribution < -0.4 is 0 Å². The Bertz CT molecular complexity index is 419. The summed E-state index contributed by atoms with van der Waals surface area (Å²) in [5, 5.41) is 15.8. The number of hydrogen-bond donors (Lipinski definition) is 2. The van der Waals surface area contributed by atoms with E-state index in [4.69, 9.17) is 10.2 Å². The van der Waals surface area contributed by atoms with Gasteiger partial charge >= 0.3 is 17.9 Å². The fourth-order valence-corrected chi connectivity index (χ4v) is 0.174. The second-order valence-corrected chi connectivity index (χ2v) is 6.36. The molecule has 0 saturated heterocycles. The monoisotopic (exact) mass is 358 g/mol. The molecule has 6 heteroatoms. The molecule has 0 rings (SSSR count). The van der Waals surface area contributed by atoms with Gasteiger partial charge in [-0.1, -0.05) is 53.9 Å². The zero-order valence-electron chi connectivity index (χ0n) is 16.9. The molecule has 146 valence electrons. The summed E-state index contributed by atoms with van der Waals surface area (Å²) in [4.78, 5) is 29.4. The van der Waals surface area contributed by atoms with Crippen LogP contribution in [-0.2, 0) is 19.1 Å². The lowest BCUT2D eigenvalue weighted by Crippen LogP contribution is -2.00. The van der Waals surface area contributed by atoms with Crippen molar-refractivity contribution >= 4 is 17.9 Å². The van der Waals surface area contributed by atoms with E-state index in [0.29, 0.717) is 11.0 Å². The van der Waals surface area contributed by atoms with E-state index in [2.05, 4.69) is 52.2 Å². The highest BCUT2D eigenvalue weighted by molar-refractivity contribution is 5.86. The Morgan fingerprint density at radius 3 is 1.04 bits per heavy atom. The molecule has 0 aromatic carbocycles. The molecule has 0 atom stereocenters. The van der Waals surface area contributed by atoms with Crippen LogP contribution in [0.15, 0.2) is 36.5 Å². The van der Waals surface area contributed by atoms with Gasteiger partial charge in [0.05, 0.1) is 7.11 Å². The lowest BCUT2D eigenvalue weighted by atomic mass is 9.94. The van der Waals surface area contributed by atoms with E-state index in [9.17, 15) is 14.4 Å². The molecule has 0 spiro atoms. The van der Waals surface area contributed by atoms with E-state index in [1.807, 2.05) is 0 Å². The minimum atomic E-state index is -0.935. The lowest BCUT2D eigenvalue weighted by Gasteiger charge is -2.12. The molecule has 0 radical (unpaired) electrons. The number of esters is 1. The van der Waals surface area contributed by atoms with Crippen LogP contribution in [0.1, 0.15) is 54.9 Å². The third-order valence-corrected chi connectivity index (χ3v) is 2.32. The largest absolute Gasteiger partial charge is 0.478 e. The first-order chi connectivity index (χ1) is 11.0. The summed E-state index contributed by atoms with van der Waals surface area (Å²) in [7, 11) is 1.33. The van der Waals surface area contributed by atoms with Gasteiger partial charge in [0.25, 0.3) is 0 Å². The lowest BCUT2D eigenvalue weighted by molar-refractivity contribution is -0.136. The van der Waals surface area contributed by atoms with Crippen LogP contribution >= 0.6 is 0 Å². The fraction of sp³-hybridized carbons (Fsp3) is 0.526. The van der Waals surface area contributed by atoms with Crippen LogP contribution in [0.3, 0.4) is 0 Å². The number of carboxylic acid groups (broad SMARTS) is 2. The van der Waals surface area contributed by atoms with Crippen LogP contribution in [0, 0.1) is 5.41 Å². The quantitative estimate of drug-likeness (QED) is 0.570. The molecule has 0 fully saturated rings. The van der Waals surface area contributed by atoms with E-state index in [0.717, 1.165) is 0 Å². The molecule has 2 N–H and O–H groups in total. The summed E-state index contributed by atoms with van der Waals surface area (Å²) in [5.74, 6) is -2.22. The van der Waals surface area contributed by atoms with Crippen LogP contribution in [0.4, 0.5) is 0 Å². The van der Waals surface area contributed by atoms with Gasteiger partial charge in [-0.05, 0) is 26.2 Å². The Morgan fingerprint density at radius 1 is 0.840 bits per heavy atom. The SMILES string of the molecule is C=C(C)C(=O)O.C=C(C)C(=O)O.C=C(C)C(=O)OC.CCC(C)(C)C. The van der Waals surface area contributed by atoms with E-state index in [1.54, 1.807) is 6.92 Å². The molecule has 0 aromatic rings. The van der Waals surface area contributed by atoms with E-state index < -0.39 is 11.9 Å². The average molecular weight is 358 g/mol. The number of carbonyl (C=O) groups is 3. The Labute approximate surface area is 151 Å². The van der Waals surface area contributed by atoms with E-state index in [1.165, 1.54) is 27.4 Å². The molecule has 0 aliphatic heterocycles. The first-order valence-corrected chi connectivity index (χ1v) is 7.54. The van der Waals surface area contributed by atoms with Gasteiger partial charge in [0.15, 0.2) is 0 Å². The molecule has 0 heterocycles. The van der Waals surface area contributed by atoms with Crippen molar-refractivity contribution in [3.05, 3.63) is 36.5 Å². The Balaban J connectivity index is -0.000000118. The summed E-state index contributed by atoms with van der Waals surface area (Å²) < 4.78 is 4.27. The van der Waals surface area contributed by atoms with Crippen molar-refractivity contribution in [1.82, 2.24) is 0 Å². The normalized spacial score (nSPS) is 8.64. The Morgan fingerprint density at radius 2 is 1.04 bits per heavy atom. The van der Waals surface area contributed by atoms with Gasteiger partial charge in [0.1, 0.15) is 0 Å². The topological polar surface area (TPSA) is 101 Å². The highest BCUT2D eigenvalue weighted by Crippen LogP contribution is 2.16. The first-order valence-electron chi connectivity index (χ1n) is 7.54. The maximum absolute atomic E-state index is 10.2. The van der Waals surface area contributed by atoms with Gasteiger partial charge in [-0.2, -0.15) is 0 Å². The number of carboxylic acids is 2. The zero-order valence-corrected chi connectivity index (χ0v) is 16.9. The van der Waals surface area contributed by atoms with Crippen molar-refractivity contribution < 1.29 is 29.3 Å². The van der Waals surface area contributed by atoms with Gasteiger partial charge in [-0.25, -0.2) is 14.4 Å². The summed E-state index contributed by atoms with van der Waals surface area (Å²) in [6, 6.07) is 0. The number of aliphatic carboxylic acids is 2. The summed E-state index contributed by atoms with van der Waals surface area (Å²) in [6.07, 6.45) is 1.27. The van der Waals surface area contributed by atoms with E-state index in [-0.39, 0.29) is 17.1 Å². The molecule has 25 heavy (non-hydrogen) atoms. The fourth-order valence-electron chi connectivity index (χ4n) is 0.174. The number of hydrogen-bond acceptors (Lipinski definition) is 4. The standard InChI is InChI=1S/C6H14.C5H8O2.2C4H6O2/c1-5-6(2,3)4;1-4(2)5(6)7-3;2*1-3(2)4(5)6/h5H2,1-4H3;1H2,2-3H3;2*1H2,2H3,(H,5,6). The second-order valence-electron chi connectivity index (χ2n) is 6.36. The van der Waals surface area contributed by atoms with Gasteiger partial charge < -0.3 is 14.9 Å². The number of methoxy groups -OCH3 is 1. The Hall–Kier alpha value is -2.37. The molecular formula is C19H34O6. The van der Waals surface area contributed by atoms with Crippen molar-refractivity contribution in [1.29, 1.82) is 0 Å². The highest BCUT2D eigenvalue weighted by atomic mass is 16.5. The van der Waals surface area contributed by atoms with Crippen LogP contribution in [0.25, 0.3) is 0 Å². The van der Waals surface area contributed by atoms with Gasteiger partial charge in [-0.3, -0.25) is 0 Å². The number of carbonyl (C=O) groups excluding carboxylic acids is 1. The van der Waals surface area contributed by atoms with Crippen molar-refractivity contribution in [2.45, 2.75) is 54.9 Å². The van der Waals surface area contributed by atoms with Crippen molar-refractivity contribution in [3.8, 4) is 0 Å². The second kappa shape index (κ2) is 16.5. The van der Waals surface area contributed by atoms with Crippen molar-refractivity contribution in [3.63, 3.8) is 0 Å². The number of rotatable bonds is 3. The van der Waals surface area contributed by atoms with Crippen LogP contribution in [0.5, 0.6) is 0 Å². The molecule has 0 unspecified atom stereocenters. The van der Waals surface area contributed by atoms with Gasteiger partial charge in [0, 0.05) is 16.7 Å². The molecular weight excluding hydrogens is 324 g/mol. The maximum Gasteiger partial charge on any atom is 0.332 e. The molecule has 0 aliphatic carbocycles. The third-order valence-electron chi connectivity index (χ3n) is 2.32. The van der Waals surface area contributed by atoms with Crippen LogP contribution in [-0.4, -0.2) is 35.2 Å². The minimum Gasteiger partial charge on any atom is -0.478 e. The van der Waals surface area contributed by atoms with Gasteiger partial charge in [-0.15, -0.1) is 0 Å². The van der Waals surface area contributed by atoms with Crippen LogP contribution in [0.2, 0.25) is 0 Å². The number of ether oxygens (including phenoxy) is 1. The smallest absolute Gasteiger partial charge is 0.332 e. The first kappa shape index (κ1) is 30.5. The molecule has 0 amide bonds. The summed E-state index contributed by atoms with van der Waals surface area (Å²) >= 11 is 0. The van der Waals surface area contributed by atoms with E-state index >= 15 is 0 Å². The molecule has 0 aromatic heterocycles. The Kier molecular flexibility index (Phi) is 20.1. The molecule has 0 bridgehead atoms.